The first-order chi connectivity index (χ1) is 5.04. The molecule has 0 spiro atoms. The molecule has 1 aliphatic heterocycles. The molecule has 0 saturated carbocycles. The van der Waals surface area contributed by atoms with Crippen LogP contribution < -0.4 is 0 Å². The van der Waals surface area contributed by atoms with Crippen molar-refractivity contribution in [2.75, 3.05) is 7.05 Å². The lowest BCUT2D eigenvalue weighted by Gasteiger charge is -2.16. The molecule has 0 bridgehead atoms. The van der Waals surface area contributed by atoms with Gasteiger partial charge in [-0.05, 0) is 6.92 Å². The second-order valence-electron chi connectivity index (χ2n) is 2.23. The SMILES string of the molecule is CC1=C(C(=O)O)N(C)C(Br)S1. The summed E-state index contributed by atoms with van der Waals surface area (Å²) < 4.78 is 0.0635. The number of hydrogen-bond acceptors (Lipinski definition) is 3. The van der Waals surface area contributed by atoms with Crippen LogP contribution in [0.3, 0.4) is 0 Å². The predicted octanol–water partition coefficient (Wildman–Crippen LogP) is 1.66. The molecule has 0 aromatic heterocycles. The molecule has 0 aliphatic carbocycles. The maximum absolute atomic E-state index is 10.6. The lowest BCUT2D eigenvalue weighted by molar-refractivity contribution is -0.134. The summed E-state index contributed by atoms with van der Waals surface area (Å²) in [5.74, 6) is -0.862. The van der Waals surface area contributed by atoms with Crippen LogP contribution in [0.4, 0.5) is 0 Å². The highest BCUT2D eigenvalue weighted by Crippen LogP contribution is 2.39. The van der Waals surface area contributed by atoms with Crippen molar-refractivity contribution >= 4 is 33.7 Å². The fourth-order valence-electron chi connectivity index (χ4n) is 0.932. The van der Waals surface area contributed by atoms with E-state index < -0.39 is 5.97 Å². The largest absolute Gasteiger partial charge is 0.477 e. The lowest BCUT2D eigenvalue weighted by atomic mass is 10.4. The first-order valence-electron chi connectivity index (χ1n) is 3.01. The number of alkyl halides is 1. The van der Waals surface area contributed by atoms with Crippen molar-refractivity contribution in [2.45, 2.75) is 11.2 Å². The van der Waals surface area contributed by atoms with E-state index in [1.165, 1.54) is 11.8 Å². The summed E-state index contributed by atoms with van der Waals surface area (Å²) in [4.78, 5) is 13.2. The average molecular weight is 238 g/mol. The molecule has 1 heterocycles. The van der Waals surface area contributed by atoms with Crippen molar-refractivity contribution in [1.29, 1.82) is 0 Å². The Kier molecular flexibility index (Phi) is 2.49. The monoisotopic (exact) mass is 237 g/mol. The molecule has 0 amide bonds. The number of rotatable bonds is 1. The lowest BCUT2D eigenvalue weighted by Crippen LogP contribution is -2.23. The maximum atomic E-state index is 10.6. The number of carboxylic acids is 1. The molecular formula is C6H8BrNO2S. The molecule has 62 valence electrons. The summed E-state index contributed by atoms with van der Waals surface area (Å²) >= 11 is 4.84. The summed E-state index contributed by atoms with van der Waals surface area (Å²) in [5.41, 5.74) is 0.386. The van der Waals surface area contributed by atoms with E-state index >= 15 is 0 Å². The van der Waals surface area contributed by atoms with Crippen molar-refractivity contribution < 1.29 is 9.90 Å². The quantitative estimate of drug-likeness (QED) is 0.557. The molecule has 5 heteroatoms. The molecule has 1 atom stereocenters. The fourth-order valence-corrected chi connectivity index (χ4v) is 2.88. The van der Waals surface area contributed by atoms with E-state index in [1.54, 1.807) is 11.9 Å². The number of nitrogens with zero attached hydrogens (tertiary/aromatic N) is 1. The van der Waals surface area contributed by atoms with Gasteiger partial charge in [-0.3, -0.25) is 0 Å². The Balaban J connectivity index is 2.91. The second-order valence-corrected chi connectivity index (χ2v) is 5.00. The Hall–Kier alpha value is -0.160. The smallest absolute Gasteiger partial charge is 0.353 e. The number of hydrogen-bond donors (Lipinski definition) is 1. The average Bonchev–Trinajstić information content (AvgIpc) is 2.07. The molecular weight excluding hydrogens is 230 g/mol. The van der Waals surface area contributed by atoms with Gasteiger partial charge in [-0.1, -0.05) is 27.7 Å². The zero-order valence-electron chi connectivity index (χ0n) is 6.17. The Labute approximate surface area is 77.6 Å². The van der Waals surface area contributed by atoms with Gasteiger partial charge in [-0.2, -0.15) is 0 Å². The zero-order chi connectivity index (χ0) is 8.59. The van der Waals surface area contributed by atoms with Crippen LogP contribution in [0.2, 0.25) is 0 Å². The molecule has 1 unspecified atom stereocenters. The first kappa shape index (κ1) is 8.93. The van der Waals surface area contributed by atoms with Crippen molar-refractivity contribution in [1.82, 2.24) is 4.90 Å². The van der Waals surface area contributed by atoms with Gasteiger partial charge in [0.1, 0.15) is 9.98 Å². The van der Waals surface area contributed by atoms with Crippen LogP contribution in [-0.4, -0.2) is 27.3 Å². The van der Waals surface area contributed by atoms with Gasteiger partial charge in [0.15, 0.2) is 0 Å². The van der Waals surface area contributed by atoms with Gasteiger partial charge in [0.05, 0.1) is 0 Å². The summed E-state index contributed by atoms with van der Waals surface area (Å²) in [6.07, 6.45) is 0. The normalized spacial score (nSPS) is 24.6. The van der Waals surface area contributed by atoms with Gasteiger partial charge in [-0.15, -0.1) is 0 Å². The van der Waals surface area contributed by atoms with Crippen LogP contribution in [0, 0.1) is 0 Å². The van der Waals surface area contributed by atoms with Crippen LogP contribution in [0.25, 0.3) is 0 Å². The molecule has 0 aromatic rings. The number of aliphatic carboxylic acids is 1. The van der Waals surface area contributed by atoms with Crippen LogP contribution in [0.5, 0.6) is 0 Å². The van der Waals surface area contributed by atoms with E-state index in [0.29, 0.717) is 5.70 Å². The van der Waals surface area contributed by atoms with Crippen molar-refractivity contribution in [3.63, 3.8) is 0 Å². The number of likely N-dealkylation sites (N-methyl/N-ethyl adjacent to an activating group) is 1. The molecule has 0 aromatic carbocycles. The van der Waals surface area contributed by atoms with Gasteiger partial charge in [0, 0.05) is 12.0 Å². The fraction of sp³-hybridized carbons (Fsp3) is 0.500. The third-order valence-electron chi connectivity index (χ3n) is 1.47. The minimum atomic E-state index is -0.862. The van der Waals surface area contributed by atoms with E-state index in [-0.39, 0.29) is 4.28 Å². The van der Waals surface area contributed by atoms with E-state index in [2.05, 4.69) is 15.9 Å². The minimum absolute atomic E-state index is 0.0635. The molecule has 11 heavy (non-hydrogen) atoms. The minimum Gasteiger partial charge on any atom is -0.477 e. The number of carboxylic acid groups (broad SMARTS) is 1. The Bertz CT molecular complexity index is 229. The Morgan fingerprint density at radius 3 is 2.55 bits per heavy atom. The maximum Gasteiger partial charge on any atom is 0.353 e. The number of halogens is 1. The van der Waals surface area contributed by atoms with Crippen molar-refractivity contribution in [3.05, 3.63) is 10.6 Å². The third kappa shape index (κ3) is 1.54. The highest BCUT2D eigenvalue weighted by atomic mass is 79.9. The molecule has 0 radical (unpaired) electrons. The molecule has 0 saturated heterocycles. The number of carbonyl (C=O) groups is 1. The summed E-state index contributed by atoms with van der Waals surface area (Å²) in [6.45, 7) is 1.81. The van der Waals surface area contributed by atoms with Gasteiger partial charge in [0.2, 0.25) is 0 Å². The van der Waals surface area contributed by atoms with Crippen LogP contribution in [0.15, 0.2) is 10.6 Å². The standard InChI is InChI=1S/C6H8BrNO2S/c1-3-4(5(9)10)8(2)6(7)11-3/h6H,1-2H3,(H,9,10). The molecule has 1 aliphatic rings. The van der Waals surface area contributed by atoms with E-state index in [4.69, 9.17) is 5.11 Å². The van der Waals surface area contributed by atoms with Gasteiger partial charge in [0.25, 0.3) is 0 Å². The van der Waals surface area contributed by atoms with E-state index in [0.717, 1.165) is 4.91 Å². The predicted molar refractivity (Wildman–Crippen MR) is 48.4 cm³/mol. The molecule has 0 fully saturated rings. The van der Waals surface area contributed by atoms with Gasteiger partial charge >= 0.3 is 5.97 Å². The van der Waals surface area contributed by atoms with Crippen molar-refractivity contribution in [2.24, 2.45) is 0 Å². The number of thioether (sulfide) groups is 1. The summed E-state index contributed by atoms with van der Waals surface area (Å²) in [5, 5.41) is 8.74. The Morgan fingerprint density at radius 2 is 2.36 bits per heavy atom. The second kappa shape index (κ2) is 3.06. The van der Waals surface area contributed by atoms with Gasteiger partial charge in [-0.25, -0.2) is 4.79 Å². The molecule has 3 nitrogen and oxygen atoms in total. The number of allylic oxidation sites excluding steroid dienone is 1. The third-order valence-corrected chi connectivity index (χ3v) is 3.70. The summed E-state index contributed by atoms with van der Waals surface area (Å²) in [6, 6.07) is 0. The molecule has 1 rings (SSSR count). The molecule has 1 N–H and O–H groups in total. The van der Waals surface area contributed by atoms with Crippen LogP contribution in [0.1, 0.15) is 6.92 Å². The van der Waals surface area contributed by atoms with Crippen LogP contribution >= 0.6 is 27.7 Å². The van der Waals surface area contributed by atoms with E-state index in [9.17, 15) is 4.79 Å². The Morgan fingerprint density at radius 1 is 1.82 bits per heavy atom. The van der Waals surface area contributed by atoms with Crippen molar-refractivity contribution in [3.8, 4) is 0 Å². The highest BCUT2D eigenvalue weighted by Gasteiger charge is 2.29. The van der Waals surface area contributed by atoms with E-state index in [1.807, 2.05) is 6.92 Å². The zero-order valence-corrected chi connectivity index (χ0v) is 8.57. The van der Waals surface area contributed by atoms with Crippen LogP contribution in [-0.2, 0) is 4.79 Å². The topological polar surface area (TPSA) is 40.5 Å². The summed E-state index contributed by atoms with van der Waals surface area (Å²) in [7, 11) is 1.76. The first-order valence-corrected chi connectivity index (χ1v) is 4.81. The highest BCUT2D eigenvalue weighted by molar-refractivity contribution is 9.11. The van der Waals surface area contributed by atoms with Gasteiger partial charge < -0.3 is 10.0 Å².